The highest BCUT2D eigenvalue weighted by Gasteiger charge is 2.20. The first-order chi connectivity index (χ1) is 13.9. The molecule has 1 amide bonds. The molecule has 3 heterocycles. The number of likely N-dealkylation sites (N-methyl/N-ethyl adjacent to an activating group) is 1. The van der Waals surface area contributed by atoms with E-state index >= 15 is 0 Å². The molecule has 0 aliphatic rings. The zero-order valence-electron chi connectivity index (χ0n) is 16.9. The molecule has 0 unspecified atom stereocenters. The van der Waals surface area contributed by atoms with Crippen LogP contribution >= 0.6 is 11.3 Å². The van der Waals surface area contributed by atoms with Gasteiger partial charge in [0.15, 0.2) is 0 Å². The Bertz CT molecular complexity index is 1290. The first-order valence-electron chi connectivity index (χ1n) is 9.54. The third kappa shape index (κ3) is 3.31. The van der Waals surface area contributed by atoms with Gasteiger partial charge < -0.3 is 4.90 Å². The van der Waals surface area contributed by atoms with Gasteiger partial charge in [0.2, 0.25) is 5.91 Å². The summed E-state index contributed by atoms with van der Waals surface area (Å²) >= 11 is 1.35. The lowest BCUT2D eigenvalue weighted by Gasteiger charge is -2.22. The Morgan fingerprint density at radius 1 is 1.14 bits per heavy atom. The van der Waals surface area contributed by atoms with Crippen molar-refractivity contribution in [1.82, 2.24) is 14.5 Å². The third-order valence-corrected chi connectivity index (χ3v) is 6.11. The molecule has 0 saturated heterocycles. The van der Waals surface area contributed by atoms with E-state index in [1.165, 1.54) is 15.9 Å². The van der Waals surface area contributed by atoms with Crippen molar-refractivity contribution < 1.29 is 4.79 Å². The van der Waals surface area contributed by atoms with Crippen molar-refractivity contribution in [3.63, 3.8) is 0 Å². The molecule has 0 atom stereocenters. The van der Waals surface area contributed by atoms with E-state index in [0.29, 0.717) is 22.6 Å². The molecule has 1 aromatic carbocycles. The van der Waals surface area contributed by atoms with Crippen LogP contribution in [0.1, 0.15) is 24.0 Å². The number of para-hydroxylation sites is 1. The van der Waals surface area contributed by atoms with Gasteiger partial charge in [-0.3, -0.25) is 14.2 Å². The summed E-state index contributed by atoms with van der Waals surface area (Å²) in [6, 6.07) is 11.5. The highest BCUT2D eigenvalue weighted by atomic mass is 32.1. The summed E-state index contributed by atoms with van der Waals surface area (Å²) in [5.74, 6) is 0.385. The Kier molecular flexibility index (Phi) is 4.92. The van der Waals surface area contributed by atoms with E-state index in [2.05, 4.69) is 9.97 Å². The third-order valence-electron chi connectivity index (χ3n) is 5.04. The van der Waals surface area contributed by atoms with Crippen LogP contribution in [-0.2, 0) is 11.3 Å². The van der Waals surface area contributed by atoms with Crippen LogP contribution in [0.5, 0.6) is 0 Å². The predicted molar refractivity (Wildman–Crippen MR) is 118 cm³/mol. The molecule has 7 heteroatoms. The van der Waals surface area contributed by atoms with Crippen molar-refractivity contribution in [3.05, 3.63) is 63.8 Å². The van der Waals surface area contributed by atoms with Gasteiger partial charge in [-0.1, -0.05) is 18.2 Å². The van der Waals surface area contributed by atoms with Crippen molar-refractivity contribution in [2.24, 2.45) is 0 Å². The fraction of sp³-hybridized carbons (Fsp3) is 0.273. The molecule has 148 valence electrons. The molecule has 4 rings (SSSR count). The fourth-order valence-corrected chi connectivity index (χ4v) is 4.87. The summed E-state index contributed by atoms with van der Waals surface area (Å²) in [7, 11) is 0. The molecule has 0 N–H and O–H groups in total. The molecule has 0 spiro atoms. The summed E-state index contributed by atoms with van der Waals surface area (Å²) in [6.45, 7) is 8.12. The normalized spacial score (nSPS) is 11.3. The van der Waals surface area contributed by atoms with Gasteiger partial charge in [0.25, 0.3) is 5.56 Å². The maximum Gasteiger partial charge on any atom is 0.272 e. The molecule has 0 aliphatic carbocycles. The molecule has 0 fully saturated rings. The van der Waals surface area contributed by atoms with Crippen LogP contribution in [0.15, 0.2) is 41.2 Å². The van der Waals surface area contributed by atoms with E-state index in [1.807, 2.05) is 57.2 Å². The van der Waals surface area contributed by atoms with Crippen LogP contribution in [-0.4, -0.2) is 27.0 Å². The Morgan fingerprint density at radius 3 is 2.55 bits per heavy atom. The molecular formula is C22H22N4O2S. The van der Waals surface area contributed by atoms with E-state index in [1.54, 1.807) is 11.8 Å². The molecule has 0 saturated carbocycles. The summed E-state index contributed by atoms with van der Waals surface area (Å²) in [5, 5.41) is 0.925. The zero-order chi connectivity index (χ0) is 20.7. The van der Waals surface area contributed by atoms with Crippen molar-refractivity contribution in [3.8, 4) is 0 Å². The number of amides is 1. The standard InChI is InChI=1S/C22H22N4O2S/c1-5-25(16-9-7-6-8-10-16)17(27)12-26-15(4)24-19-18-13(2)11-14(3)23-21(18)29-20(19)22(26)28/h6-11H,5,12H2,1-4H3. The number of hydrogen-bond donors (Lipinski definition) is 0. The molecule has 0 radical (unpaired) electrons. The maximum atomic E-state index is 13.2. The molecule has 0 bridgehead atoms. The zero-order valence-corrected chi connectivity index (χ0v) is 17.7. The number of pyridine rings is 1. The lowest BCUT2D eigenvalue weighted by molar-refractivity contribution is -0.119. The largest absolute Gasteiger partial charge is 0.311 e. The van der Waals surface area contributed by atoms with E-state index in [0.717, 1.165) is 27.2 Å². The van der Waals surface area contributed by atoms with Gasteiger partial charge in [-0.2, -0.15) is 0 Å². The quantitative estimate of drug-likeness (QED) is 0.514. The van der Waals surface area contributed by atoms with Gasteiger partial charge in [-0.25, -0.2) is 9.97 Å². The average molecular weight is 407 g/mol. The Labute approximate surface area is 172 Å². The molecule has 4 aromatic rings. The number of carbonyl (C=O) groups is 1. The number of fused-ring (bicyclic) bond motifs is 3. The SMILES string of the molecule is CCN(C(=O)Cn1c(C)nc2c(sc3nc(C)cc(C)c32)c1=O)c1ccccc1. The van der Waals surface area contributed by atoms with Crippen LogP contribution in [0.3, 0.4) is 0 Å². The molecule has 0 aliphatic heterocycles. The lowest BCUT2D eigenvalue weighted by atomic mass is 10.1. The van der Waals surface area contributed by atoms with Crippen molar-refractivity contribution in [2.75, 3.05) is 11.4 Å². The van der Waals surface area contributed by atoms with Crippen LogP contribution in [0.2, 0.25) is 0 Å². The van der Waals surface area contributed by atoms with Crippen molar-refractivity contribution in [1.29, 1.82) is 0 Å². The number of aromatic nitrogens is 3. The molecule has 6 nitrogen and oxygen atoms in total. The number of carbonyl (C=O) groups excluding carboxylic acids is 1. The number of nitrogens with zero attached hydrogens (tertiary/aromatic N) is 4. The van der Waals surface area contributed by atoms with Gasteiger partial charge in [-0.05, 0) is 51.5 Å². The number of hydrogen-bond acceptors (Lipinski definition) is 5. The van der Waals surface area contributed by atoms with Crippen molar-refractivity contribution in [2.45, 2.75) is 34.2 Å². The second-order valence-corrected chi connectivity index (χ2v) is 8.06. The number of anilines is 1. The second-order valence-electron chi connectivity index (χ2n) is 7.06. The first kappa shape index (κ1) is 19.3. The van der Waals surface area contributed by atoms with E-state index in [-0.39, 0.29) is 18.0 Å². The van der Waals surface area contributed by atoms with Gasteiger partial charge in [0, 0.05) is 23.3 Å². The van der Waals surface area contributed by atoms with Crippen LogP contribution in [0, 0.1) is 20.8 Å². The number of benzene rings is 1. The molecule has 29 heavy (non-hydrogen) atoms. The van der Waals surface area contributed by atoms with Crippen LogP contribution < -0.4 is 10.5 Å². The van der Waals surface area contributed by atoms with E-state index in [4.69, 9.17) is 0 Å². The summed E-state index contributed by atoms with van der Waals surface area (Å²) in [4.78, 5) is 38.0. The average Bonchev–Trinajstić information content (AvgIpc) is 3.05. The summed E-state index contributed by atoms with van der Waals surface area (Å²) in [5.41, 5.74) is 3.27. The van der Waals surface area contributed by atoms with Gasteiger partial charge >= 0.3 is 0 Å². The molecule has 3 aromatic heterocycles. The lowest BCUT2D eigenvalue weighted by Crippen LogP contribution is -2.37. The van der Waals surface area contributed by atoms with Gasteiger partial charge in [0.1, 0.15) is 21.9 Å². The minimum atomic E-state index is -0.190. The van der Waals surface area contributed by atoms with E-state index < -0.39 is 0 Å². The number of aryl methyl sites for hydroxylation is 3. The summed E-state index contributed by atoms with van der Waals surface area (Å²) < 4.78 is 2.01. The predicted octanol–water partition coefficient (Wildman–Crippen LogP) is 3.98. The minimum absolute atomic E-state index is 0.0456. The second kappa shape index (κ2) is 7.40. The highest BCUT2D eigenvalue weighted by Crippen LogP contribution is 2.32. The molecular weight excluding hydrogens is 384 g/mol. The Hall–Kier alpha value is -3.06. The van der Waals surface area contributed by atoms with Crippen LogP contribution in [0.4, 0.5) is 5.69 Å². The van der Waals surface area contributed by atoms with Crippen LogP contribution in [0.25, 0.3) is 20.4 Å². The topological polar surface area (TPSA) is 68.1 Å². The van der Waals surface area contributed by atoms with Gasteiger partial charge in [-0.15, -0.1) is 11.3 Å². The first-order valence-corrected chi connectivity index (χ1v) is 10.4. The van der Waals surface area contributed by atoms with E-state index in [9.17, 15) is 9.59 Å². The highest BCUT2D eigenvalue weighted by molar-refractivity contribution is 7.25. The Balaban J connectivity index is 1.80. The summed E-state index contributed by atoms with van der Waals surface area (Å²) in [6.07, 6.45) is 0. The monoisotopic (exact) mass is 406 g/mol. The minimum Gasteiger partial charge on any atom is -0.311 e. The Morgan fingerprint density at radius 2 is 1.86 bits per heavy atom. The maximum absolute atomic E-state index is 13.2. The van der Waals surface area contributed by atoms with Gasteiger partial charge in [0.05, 0.1) is 5.52 Å². The van der Waals surface area contributed by atoms with Crippen molar-refractivity contribution >= 4 is 43.4 Å². The smallest absolute Gasteiger partial charge is 0.272 e. The fourth-order valence-electron chi connectivity index (χ4n) is 3.68. The number of rotatable bonds is 4. The number of thiophene rings is 1.